The Hall–Kier alpha value is -1.83. The summed E-state index contributed by atoms with van der Waals surface area (Å²) in [4.78, 5) is 4.38. The van der Waals surface area contributed by atoms with Gasteiger partial charge in [0, 0.05) is 5.56 Å². The Labute approximate surface area is 89.3 Å². The van der Waals surface area contributed by atoms with E-state index in [1.165, 1.54) is 5.57 Å². The van der Waals surface area contributed by atoms with E-state index in [1.807, 2.05) is 50.3 Å². The van der Waals surface area contributed by atoms with Crippen LogP contribution in [0.25, 0.3) is 17.5 Å². The van der Waals surface area contributed by atoms with Gasteiger partial charge in [0.15, 0.2) is 0 Å². The summed E-state index contributed by atoms with van der Waals surface area (Å²) >= 11 is 0. The maximum absolute atomic E-state index is 5.40. The average molecular weight is 199 g/mol. The summed E-state index contributed by atoms with van der Waals surface area (Å²) in [6.07, 6.45) is 3.67. The number of allylic oxidation sites excluding steroid dienone is 1. The molecule has 0 fully saturated rings. The zero-order chi connectivity index (χ0) is 10.7. The Kier molecular flexibility index (Phi) is 2.68. The molecule has 0 aliphatic rings. The third kappa shape index (κ3) is 2.34. The van der Waals surface area contributed by atoms with Crippen molar-refractivity contribution in [2.45, 2.75) is 13.8 Å². The second kappa shape index (κ2) is 4.13. The van der Waals surface area contributed by atoms with E-state index in [9.17, 15) is 0 Å². The van der Waals surface area contributed by atoms with Gasteiger partial charge in [-0.25, -0.2) is 4.98 Å². The van der Waals surface area contributed by atoms with Gasteiger partial charge in [0.05, 0.1) is 0 Å². The molecule has 2 aromatic rings. The monoisotopic (exact) mass is 199 g/mol. The van der Waals surface area contributed by atoms with Crippen LogP contribution >= 0.6 is 0 Å². The molecule has 2 heteroatoms. The molecule has 0 N–H and O–H groups in total. The highest BCUT2D eigenvalue weighted by atomic mass is 16.3. The molecule has 76 valence electrons. The first-order valence-corrected chi connectivity index (χ1v) is 4.91. The first-order chi connectivity index (χ1) is 7.25. The summed E-state index contributed by atoms with van der Waals surface area (Å²) in [7, 11) is 0. The highest BCUT2D eigenvalue weighted by molar-refractivity contribution is 5.56. The molecule has 0 bridgehead atoms. The van der Waals surface area contributed by atoms with Crippen LogP contribution in [-0.4, -0.2) is 4.98 Å². The van der Waals surface area contributed by atoms with Crippen molar-refractivity contribution in [3.05, 3.63) is 47.9 Å². The van der Waals surface area contributed by atoms with Crippen LogP contribution in [0, 0.1) is 0 Å². The van der Waals surface area contributed by atoms with Crippen LogP contribution in [0.4, 0.5) is 0 Å². The van der Waals surface area contributed by atoms with Crippen molar-refractivity contribution in [1.29, 1.82) is 0 Å². The van der Waals surface area contributed by atoms with Crippen molar-refractivity contribution in [2.24, 2.45) is 0 Å². The van der Waals surface area contributed by atoms with E-state index in [2.05, 4.69) is 4.98 Å². The third-order valence-corrected chi connectivity index (χ3v) is 1.98. The zero-order valence-corrected chi connectivity index (χ0v) is 8.90. The number of aromatic nitrogens is 1. The van der Waals surface area contributed by atoms with Gasteiger partial charge in [-0.3, -0.25) is 0 Å². The van der Waals surface area contributed by atoms with Gasteiger partial charge in [-0.15, -0.1) is 0 Å². The van der Waals surface area contributed by atoms with Gasteiger partial charge in [0.25, 0.3) is 0 Å². The topological polar surface area (TPSA) is 26.0 Å². The van der Waals surface area contributed by atoms with Crippen LogP contribution in [-0.2, 0) is 0 Å². The molecular formula is C13H13NO. The number of benzene rings is 1. The Balaban J connectivity index is 2.32. The lowest BCUT2D eigenvalue weighted by Crippen LogP contribution is -1.77. The van der Waals surface area contributed by atoms with Gasteiger partial charge in [0.2, 0.25) is 5.89 Å². The van der Waals surface area contributed by atoms with Crippen LogP contribution in [0.3, 0.4) is 0 Å². The van der Waals surface area contributed by atoms with E-state index in [4.69, 9.17) is 4.42 Å². The Morgan fingerprint density at radius 2 is 1.93 bits per heavy atom. The van der Waals surface area contributed by atoms with Crippen LogP contribution in [0.5, 0.6) is 0 Å². The number of rotatable bonds is 2. The standard InChI is InChI=1S/C13H13NO/c1-10(2)8-12-9-15-13(14-12)11-6-4-3-5-7-11/h3-9H,1-2H3. The molecule has 0 saturated heterocycles. The maximum atomic E-state index is 5.40. The van der Waals surface area contributed by atoms with Crippen molar-refractivity contribution in [3.63, 3.8) is 0 Å². The molecule has 2 nitrogen and oxygen atoms in total. The SMILES string of the molecule is CC(C)=Cc1coc(-c2ccccc2)n1. The minimum absolute atomic E-state index is 0.670. The first-order valence-electron chi connectivity index (χ1n) is 4.91. The van der Waals surface area contributed by atoms with Crippen molar-refractivity contribution in [2.75, 3.05) is 0 Å². The highest BCUT2D eigenvalue weighted by Crippen LogP contribution is 2.18. The van der Waals surface area contributed by atoms with E-state index in [0.717, 1.165) is 11.3 Å². The molecule has 0 aliphatic carbocycles. The normalized spacial score (nSPS) is 10.0. The molecule has 1 aromatic heterocycles. The Morgan fingerprint density at radius 3 is 2.60 bits per heavy atom. The molecule has 0 unspecified atom stereocenters. The lowest BCUT2D eigenvalue weighted by molar-refractivity contribution is 0.574. The summed E-state index contributed by atoms with van der Waals surface area (Å²) in [6, 6.07) is 9.89. The van der Waals surface area contributed by atoms with E-state index in [1.54, 1.807) is 6.26 Å². The van der Waals surface area contributed by atoms with Gasteiger partial charge in [0.1, 0.15) is 12.0 Å². The largest absolute Gasteiger partial charge is 0.444 e. The summed E-state index contributed by atoms with van der Waals surface area (Å²) in [5.74, 6) is 0.670. The van der Waals surface area contributed by atoms with Gasteiger partial charge < -0.3 is 4.42 Å². The van der Waals surface area contributed by atoms with Gasteiger partial charge >= 0.3 is 0 Å². The quantitative estimate of drug-likeness (QED) is 0.735. The van der Waals surface area contributed by atoms with E-state index >= 15 is 0 Å². The minimum atomic E-state index is 0.670. The third-order valence-electron chi connectivity index (χ3n) is 1.98. The predicted octanol–water partition coefficient (Wildman–Crippen LogP) is 3.76. The maximum Gasteiger partial charge on any atom is 0.226 e. The molecule has 0 radical (unpaired) electrons. The van der Waals surface area contributed by atoms with Gasteiger partial charge in [-0.1, -0.05) is 23.8 Å². The summed E-state index contributed by atoms with van der Waals surface area (Å²) in [5, 5.41) is 0. The van der Waals surface area contributed by atoms with E-state index < -0.39 is 0 Å². The fourth-order valence-electron chi connectivity index (χ4n) is 1.36. The fourth-order valence-corrected chi connectivity index (χ4v) is 1.36. The number of hydrogen-bond acceptors (Lipinski definition) is 2. The lowest BCUT2D eigenvalue weighted by atomic mass is 10.2. The van der Waals surface area contributed by atoms with Gasteiger partial charge in [-0.2, -0.15) is 0 Å². The molecule has 2 rings (SSSR count). The van der Waals surface area contributed by atoms with E-state index in [0.29, 0.717) is 5.89 Å². The number of nitrogens with zero attached hydrogens (tertiary/aromatic N) is 1. The second-order valence-corrected chi connectivity index (χ2v) is 3.67. The lowest BCUT2D eigenvalue weighted by Gasteiger charge is -1.91. The predicted molar refractivity (Wildman–Crippen MR) is 61.3 cm³/mol. The molecule has 0 saturated carbocycles. The smallest absolute Gasteiger partial charge is 0.226 e. The molecular weight excluding hydrogens is 186 g/mol. The summed E-state index contributed by atoms with van der Waals surface area (Å²) in [5.41, 5.74) is 3.09. The number of oxazole rings is 1. The average Bonchev–Trinajstić information content (AvgIpc) is 2.67. The molecule has 0 aliphatic heterocycles. The summed E-state index contributed by atoms with van der Waals surface area (Å²) < 4.78 is 5.40. The van der Waals surface area contributed by atoms with Crippen molar-refractivity contribution < 1.29 is 4.42 Å². The fraction of sp³-hybridized carbons (Fsp3) is 0.154. The minimum Gasteiger partial charge on any atom is -0.444 e. The molecule has 0 atom stereocenters. The van der Waals surface area contributed by atoms with Crippen LogP contribution in [0.15, 0.2) is 46.6 Å². The van der Waals surface area contributed by atoms with Crippen LogP contribution in [0.2, 0.25) is 0 Å². The van der Waals surface area contributed by atoms with Crippen molar-refractivity contribution in [1.82, 2.24) is 4.98 Å². The molecule has 0 amide bonds. The van der Waals surface area contributed by atoms with Crippen molar-refractivity contribution >= 4 is 6.08 Å². The van der Waals surface area contributed by atoms with Crippen molar-refractivity contribution in [3.8, 4) is 11.5 Å². The molecule has 1 aromatic carbocycles. The molecule has 1 heterocycles. The van der Waals surface area contributed by atoms with Crippen LogP contribution in [0.1, 0.15) is 19.5 Å². The second-order valence-electron chi connectivity index (χ2n) is 3.67. The Bertz CT molecular complexity index is 464. The number of hydrogen-bond donors (Lipinski definition) is 0. The van der Waals surface area contributed by atoms with E-state index in [-0.39, 0.29) is 0 Å². The highest BCUT2D eigenvalue weighted by Gasteiger charge is 2.03. The molecule has 15 heavy (non-hydrogen) atoms. The summed E-state index contributed by atoms with van der Waals surface area (Å²) in [6.45, 7) is 4.08. The Morgan fingerprint density at radius 1 is 1.20 bits per heavy atom. The molecule has 0 spiro atoms. The first kappa shape index (κ1) is 9.71. The van der Waals surface area contributed by atoms with Gasteiger partial charge in [-0.05, 0) is 32.1 Å². The zero-order valence-electron chi connectivity index (χ0n) is 8.90. The van der Waals surface area contributed by atoms with Crippen LogP contribution < -0.4 is 0 Å².